The maximum atomic E-state index is 12.5. The van der Waals surface area contributed by atoms with Crippen LogP contribution in [-0.4, -0.2) is 16.7 Å². The summed E-state index contributed by atoms with van der Waals surface area (Å²) in [5.41, 5.74) is 8.22. The molecule has 32 heavy (non-hydrogen) atoms. The second-order valence-corrected chi connectivity index (χ2v) is 7.41. The quantitative estimate of drug-likeness (QED) is 0.282. The number of furan rings is 1. The number of carbonyl (C=O) groups excluding carboxylic acids is 1. The number of aryl methyl sites for hydroxylation is 1. The number of hydrazone groups is 1. The molecule has 0 atom stereocenters. The third-order valence-corrected chi connectivity index (χ3v) is 5.44. The number of para-hydroxylation sites is 2. The van der Waals surface area contributed by atoms with Crippen molar-refractivity contribution in [2.45, 2.75) is 6.92 Å². The zero-order chi connectivity index (χ0) is 21.9. The molecular weight excluding hydrogens is 398 g/mol. The monoisotopic (exact) mass is 419 g/mol. The van der Waals surface area contributed by atoms with E-state index in [2.05, 4.69) is 51.5 Å². The average Bonchev–Trinajstić information content (AvgIpc) is 3.41. The minimum Gasteiger partial charge on any atom is -0.469 e. The van der Waals surface area contributed by atoms with E-state index in [0.717, 1.165) is 33.4 Å². The van der Waals surface area contributed by atoms with E-state index in [-0.39, 0.29) is 5.91 Å². The summed E-state index contributed by atoms with van der Waals surface area (Å²) < 4.78 is 7.45. The molecule has 156 valence electrons. The smallest absolute Gasteiger partial charge is 0.274 e. The first-order valence-electron chi connectivity index (χ1n) is 10.4. The molecule has 0 aliphatic heterocycles. The van der Waals surface area contributed by atoms with Crippen LogP contribution in [0.15, 0.2) is 107 Å². The number of fused-ring (bicyclic) bond motifs is 1. The Kier molecular flexibility index (Phi) is 5.14. The van der Waals surface area contributed by atoms with E-state index in [1.54, 1.807) is 19.2 Å². The lowest BCUT2D eigenvalue weighted by molar-refractivity contribution is 0.0953. The molecule has 0 aliphatic rings. The minimum atomic E-state index is -0.305. The molecule has 0 saturated heterocycles. The van der Waals surface area contributed by atoms with E-state index in [9.17, 15) is 4.79 Å². The predicted octanol–water partition coefficient (Wildman–Crippen LogP) is 5.96. The second-order valence-electron chi connectivity index (χ2n) is 7.41. The molecule has 5 nitrogen and oxygen atoms in total. The molecule has 0 spiro atoms. The van der Waals surface area contributed by atoms with Gasteiger partial charge >= 0.3 is 0 Å². The van der Waals surface area contributed by atoms with Crippen LogP contribution in [0.3, 0.4) is 0 Å². The van der Waals surface area contributed by atoms with Crippen LogP contribution in [0.1, 0.15) is 21.7 Å². The molecule has 0 saturated carbocycles. The zero-order valence-corrected chi connectivity index (χ0v) is 17.5. The van der Waals surface area contributed by atoms with Gasteiger partial charge in [0.25, 0.3) is 5.91 Å². The highest BCUT2D eigenvalue weighted by Gasteiger charge is 2.18. The van der Waals surface area contributed by atoms with Crippen molar-refractivity contribution < 1.29 is 9.21 Å². The Morgan fingerprint density at radius 1 is 0.906 bits per heavy atom. The van der Waals surface area contributed by atoms with E-state index in [4.69, 9.17) is 4.42 Å². The summed E-state index contributed by atoms with van der Waals surface area (Å²) in [6.07, 6.45) is 3.21. The molecule has 1 N–H and O–H groups in total. The number of aromatic nitrogens is 1. The van der Waals surface area contributed by atoms with E-state index in [1.165, 1.54) is 6.26 Å². The first-order valence-corrected chi connectivity index (χ1v) is 10.4. The molecule has 5 heteroatoms. The fourth-order valence-electron chi connectivity index (χ4n) is 3.96. The molecule has 5 aromatic rings. The Morgan fingerprint density at radius 3 is 2.31 bits per heavy atom. The topological polar surface area (TPSA) is 59.5 Å². The Balaban J connectivity index is 1.67. The molecular formula is C27H21N3O2. The molecule has 2 aromatic heterocycles. The average molecular weight is 419 g/mol. The molecule has 0 bridgehead atoms. The summed E-state index contributed by atoms with van der Waals surface area (Å²) in [4.78, 5) is 12.5. The first-order chi connectivity index (χ1) is 15.7. The zero-order valence-electron chi connectivity index (χ0n) is 17.5. The molecule has 0 radical (unpaired) electrons. The van der Waals surface area contributed by atoms with Gasteiger partial charge in [0.1, 0.15) is 5.76 Å². The minimum absolute atomic E-state index is 0.305. The summed E-state index contributed by atoms with van der Waals surface area (Å²) >= 11 is 0. The van der Waals surface area contributed by atoms with E-state index in [0.29, 0.717) is 11.3 Å². The number of hydrogen-bond donors (Lipinski definition) is 1. The van der Waals surface area contributed by atoms with Crippen molar-refractivity contribution in [3.05, 3.63) is 114 Å². The number of rotatable bonds is 5. The van der Waals surface area contributed by atoms with Gasteiger partial charge in [-0.15, -0.1) is 0 Å². The van der Waals surface area contributed by atoms with Gasteiger partial charge in [0.05, 0.1) is 29.3 Å². The normalized spacial score (nSPS) is 11.3. The SMILES string of the molecule is Cc1occc1C(=O)N/N=C/c1c(-c2ccccc2)n(-c2ccccc2)c2ccccc12. The summed E-state index contributed by atoms with van der Waals surface area (Å²) in [5.74, 6) is 0.254. The van der Waals surface area contributed by atoms with Gasteiger partial charge in [-0.1, -0.05) is 66.7 Å². The molecule has 1 amide bonds. The van der Waals surface area contributed by atoms with Crippen LogP contribution in [-0.2, 0) is 0 Å². The van der Waals surface area contributed by atoms with Crippen molar-refractivity contribution in [2.24, 2.45) is 5.10 Å². The molecule has 3 aromatic carbocycles. The van der Waals surface area contributed by atoms with E-state index >= 15 is 0 Å². The third-order valence-electron chi connectivity index (χ3n) is 5.44. The number of hydrogen-bond acceptors (Lipinski definition) is 3. The van der Waals surface area contributed by atoms with Crippen molar-refractivity contribution in [1.82, 2.24) is 9.99 Å². The van der Waals surface area contributed by atoms with Crippen LogP contribution < -0.4 is 5.43 Å². The van der Waals surface area contributed by atoms with E-state index < -0.39 is 0 Å². The Bertz CT molecular complexity index is 1410. The second kappa shape index (κ2) is 8.40. The van der Waals surface area contributed by atoms with Gasteiger partial charge < -0.3 is 8.98 Å². The van der Waals surface area contributed by atoms with Gasteiger partial charge in [-0.3, -0.25) is 4.79 Å². The van der Waals surface area contributed by atoms with E-state index in [1.807, 2.05) is 48.5 Å². The fraction of sp³-hybridized carbons (Fsp3) is 0.0370. The van der Waals surface area contributed by atoms with Gasteiger partial charge in [0.2, 0.25) is 0 Å². The lowest BCUT2D eigenvalue weighted by Crippen LogP contribution is -2.17. The number of nitrogens with zero attached hydrogens (tertiary/aromatic N) is 2. The summed E-state index contributed by atoms with van der Waals surface area (Å²) in [6.45, 7) is 1.75. The number of amides is 1. The van der Waals surface area contributed by atoms with Crippen LogP contribution in [0.4, 0.5) is 0 Å². The lowest BCUT2D eigenvalue weighted by atomic mass is 10.1. The number of nitrogens with one attached hydrogen (secondary N) is 1. The highest BCUT2D eigenvalue weighted by molar-refractivity contribution is 6.08. The maximum absolute atomic E-state index is 12.5. The van der Waals surface area contributed by atoms with Crippen molar-refractivity contribution in [1.29, 1.82) is 0 Å². The summed E-state index contributed by atoms with van der Waals surface area (Å²) in [5, 5.41) is 5.35. The van der Waals surface area contributed by atoms with Crippen LogP contribution in [0, 0.1) is 6.92 Å². The Morgan fingerprint density at radius 2 is 1.59 bits per heavy atom. The van der Waals surface area contributed by atoms with Gasteiger partial charge in [-0.05, 0) is 36.8 Å². The van der Waals surface area contributed by atoms with Crippen molar-refractivity contribution in [3.8, 4) is 16.9 Å². The third kappa shape index (κ3) is 3.50. The molecule has 5 rings (SSSR count). The summed E-state index contributed by atoms with van der Waals surface area (Å²) in [6, 6.07) is 30.3. The van der Waals surface area contributed by atoms with Crippen molar-refractivity contribution in [2.75, 3.05) is 0 Å². The number of benzene rings is 3. The van der Waals surface area contributed by atoms with Crippen LogP contribution in [0.25, 0.3) is 27.8 Å². The molecule has 0 unspecified atom stereocenters. The summed E-state index contributed by atoms with van der Waals surface area (Å²) in [7, 11) is 0. The Hall–Kier alpha value is -4.38. The van der Waals surface area contributed by atoms with Gasteiger partial charge in [-0.25, -0.2) is 5.43 Å². The molecule has 0 fully saturated rings. The van der Waals surface area contributed by atoms with Crippen LogP contribution >= 0.6 is 0 Å². The van der Waals surface area contributed by atoms with Gasteiger partial charge in [-0.2, -0.15) is 5.10 Å². The molecule has 2 heterocycles. The van der Waals surface area contributed by atoms with Crippen LogP contribution in [0.5, 0.6) is 0 Å². The Labute approximate surface area is 185 Å². The fourth-order valence-corrected chi connectivity index (χ4v) is 3.96. The highest BCUT2D eigenvalue weighted by Crippen LogP contribution is 2.35. The first kappa shape index (κ1) is 19.6. The van der Waals surface area contributed by atoms with Crippen molar-refractivity contribution >= 4 is 23.0 Å². The standard InChI is InChI=1S/C27H21N3O2/c1-19-22(16-17-32-19)27(31)29-28-18-24-23-14-8-9-15-25(23)30(21-12-6-3-7-13-21)26(24)20-10-4-2-5-11-20/h2-18H,1H3,(H,29,31)/b28-18+. The highest BCUT2D eigenvalue weighted by atomic mass is 16.3. The van der Waals surface area contributed by atoms with Gasteiger partial charge in [0, 0.05) is 16.6 Å². The van der Waals surface area contributed by atoms with Crippen LogP contribution in [0.2, 0.25) is 0 Å². The van der Waals surface area contributed by atoms with Crippen molar-refractivity contribution in [3.63, 3.8) is 0 Å². The maximum Gasteiger partial charge on any atom is 0.274 e. The van der Waals surface area contributed by atoms with Gasteiger partial charge in [0.15, 0.2) is 0 Å². The lowest BCUT2D eigenvalue weighted by Gasteiger charge is -2.12. The predicted molar refractivity (Wildman–Crippen MR) is 127 cm³/mol. The molecule has 0 aliphatic carbocycles. The largest absolute Gasteiger partial charge is 0.469 e. The number of carbonyl (C=O) groups is 1.